The van der Waals surface area contributed by atoms with Crippen LogP contribution in [0, 0.1) is 0 Å². The maximum atomic E-state index is 11.5. The number of nitrogens with zero attached hydrogens (tertiary/aromatic N) is 2. The lowest BCUT2D eigenvalue weighted by atomic mass is 10.2. The first-order valence-corrected chi connectivity index (χ1v) is 5.59. The molecule has 0 spiro atoms. The van der Waals surface area contributed by atoms with Crippen LogP contribution in [0.4, 0.5) is 0 Å². The van der Waals surface area contributed by atoms with Crippen molar-refractivity contribution in [2.75, 3.05) is 13.2 Å². The molecule has 2 heterocycles. The molecule has 0 bridgehead atoms. The van der Waals surface area contributed by atoms with E-state index in [1.54, 1.807) is 24.9 Å². The summed E-state index contributed by atoms with van der Waals surface area (Å²) in [7, 11) is 0. The van der Waals surface area contributed by atoms with Crippen molar-refractivity contribution in [3.05, 3.63) is 22.9 Å². The molecule has 2 aliphatic rings. The zero-order valence-corrected chi connectivity index (χ0v) is 9.50. The zero-order chi connectivity index (χ0) is 10.8. The van der Waals surface area contributed by atoms with Crippen molar-refractivity contribution in [2.24, 2.45) is 4.99 Å². The molecule has 0 unspecified atom stereocenters. The number of hydrogen-bond acceptors (Lipinski definition) is 5. The number of hydrogen-bond donors (Lipinski definition) is 0. The van der Waals surface area contributed by atoms with E-state index in [1.807, 2.05) is 18.0 Å². The van der Waals surface area contributed by atoms with Gasteiger partial charge in [-0.3, -0.25) is 0 Å². The van der Waals surface area contributed by atoms with Crippen LogP contribution >= 0.6 is 11.8 Å². The Morgan fingerprint density at radius 2 is 2.53 bits per heavy atom. The maximum Gasteiger partial charge on any atom is 0.337 e. The summed E-state index contributed by atoms with van der Waals surface area (Å²) in [5, 5.41) is 0.931. The van der Waals surface area contributed by atoms with Gasteiger partial charge < -0.3 is 9.64 Å². The Bertz CT molecular complexity index is 385. The van der Waals surface area contributed by atoms with Gasteiger partial charge in [-0.05, 0) is 13.8 Å². The molecule has 2 rings (SSSR count). The van der Waals surface area contributed by atoms with Gasteiger partial charge in [0.1, 0.15) is 0 Å². The third-order valence-corrected chi connectivity index (χ3v) is 2.99. The summed E-state index contributed by atoms with van der Waals surface area (Å²) in [6.07, 6.45) is 3.60. The number of allylic oxidation sites excluding steroid dienone is 1. The lowest BCUT2D eigenvalue weighted by molar-refractivity contribution is -0.138. The average molecular weight is 224 g/mol. The molecule has 0 aliphatic carbocycles. The Balaban J connectivity index is 2.11. The fourth-order valence-electron chi connectivity index (χ4n) is 1.42. The van der Waals surface area contributed by atoms with Crippen molar-refractivity contribution in [1.82, 2.24) is 4.90 Å². The van der Waals surface area contributed by atoms with Crippen molar-refractivity contribution in [2.45, 2.75) is 13.8 Å². The van der Waals surface area contributed by atoms with E-state index in [-0.39, 0.29) is 5.97 Å². The van der Waals surface area contributed by atoms with E-state index >= 15 is 0 Å². The van der Waals surface area contributed by atoms with Crippen LogP contribution in [0.1, 0.15) is 13.8 Å². The molecule has 0 atom stereocenters. The van der Waals surface area contributed by atoms with Crippen molar-refractivity contribution < 1.29 is 9.53 Å². The first-order valence-electron chi connectivity index (χ1n) is 4.77. The molecule has 0 amide bonds. The predicted octanol–water partition coefficient (Wildman–Crippen LogP) is 1.71. The van der Waals surface area contributed by atoms with E-state index in [9.17, 15) is 4.79 Å². The maximum absolute atomic E-state index is 11.5. The van der Waals surface area contributed by atoms with Gasteiger partial charge in [-0.2, -0.15) is 0 Å². The Morgan fingerprint density at radius 3 is 3.27 bits per heavy atom. The van der Waals surface area contributed by atoms with E-state index < -0.39 is 0 Å². The summed E-state index contributed by atoms with van der Waals surface area (Å²) in [5.74, 6) is -0.275. The molecule has 4 nitrogen and oxygen atoms in total. The summed E-state index contributed by atoms with van der Waals surface area (Å²) in [5.41, 5.74) is 0.604. The quantitative estimate of drug-likeness (QED) is 0.670. The summed E-state index contributed by atoms with van der Waals surface area (Å²) in [6, 6.07) is 0. The van der Waals surface area contributed by atoms with Gasteiger partial charge in [-0.25, -0.2) is 9.79 Å². The number of rotatable bonds is 2. The van der Waals surface area contributed by atoms with Gasteiger partial charge in [0.2, 0.25) is 0 Å². The molecule has 0 saturated carbocycles. The number of fused-ring (bicyclic) bond motifs is 1. The first kappa shape index (κ1) is 10.3. The van der Waals surface area contributed by atoms with Crippen LogP contribution in [0.2, 0.25) is 0 Å². The van der Waals surface area contributed by atoms with Gasteiger partial charge in [0.25, 0.3) is 0 Å². The number of carbonyl (C=O) groups excluding carboxylic acids is 1. The lowest BCUT2D eigenvalue weighted by Crippen LogP contribution is -2.28. The molecular weight excluding hydrogens is 212 g/mol. The smallest absolute Gasteiger partial charge is 0.337 e. The molecule has 80 valence electrons. The standard InChI is InChI=1S/C10H12N2O2S/c1-3-14-9(13)8-4-11-10-12(6-8)5-7(2)15-10/h4-5H,3,6H2,1-2H3. The highest BCUT2D eigenvalue weighted by Crippen LogP contribution is 2.30. The number of thioether (sulfide) groups is 1. The first-order chi connectivity index (χ1) is 7.20. The highest BCUT2D eigenvalue weighted by Gasteiger charge is 2.25. The summed E-state index contributed by atoms with van der Waals surface area (Å²) in [4.78, 5) is 18.8. The Kier molecular flexibility index (Phi) is 2.81. The van der Waals surface area contributed by atoms with Crippen molar-refractivity contribution in [3.63, 3.8) is 0 Å². The number of amidine groups is 1. The van der Waals surface area contributed by atoms with Gasteiger partial charge in [0.15, 0.2) is 5.17 Å². The minimum atomic E-state index is -0.275. The van der Waals surface area contributed by atoms with Crippen LogP contribution in [-0.4, -0.2) is 29.2 Å². The fraction of sp³-hybridized carbons (Fsp3) is 0.400. The van der Waals surface area contributed by atoms with Crippen molar-refractivity contribution in [3.8, 4) is 0 Å². The second-order valence-electron chi connectivity index (χ2n) is 3.26. The normalized spacial score (nSPS) is 19.1. The third-order valence-electron chi connectivity index (χ3n) is 2.04. The van der Waals surface area contributed by atoms with E-state index in [0.29, 0.717) is 18.7 Å². The van der Waals surface area contributed by atoms with E-state index in [1.165, 1.54) is 4.91 Å². The zero-order valence-electron chi connectivity index (χ0n) is 8.69. The Hall–Kier alpha value is -1.23. The largest absolute Gasteiger partial charge is 0.463 e. The third kappa shape index (κ3) is 2.07. The molecule has 0 aromatic heterocycles. The minimum Gasteiger partial charge on any atom is -0.463 e. The predicted molar refractivity (Wildman–Crippen MR) is 60.2 cm³/mol. The molecule has 0 radical (unpaired) electrons. The van der Waals surface area contributed by atoms with Crippen LogP contribution in [0.3, 0.4) is 0 Å². The van der Waals surface area contributed by atoms with E-state index in [2.05, 4.69) is 4.99 Å². The Labute approximate surface area is 92.7 Å². The molecule has 15 heavy (non-hydrogen) atoms. The second-order valence-corrected chi connectivity index (χ2v) is 4.47. The van der Waals surface area contributed by atoms with E-state index in [4.69, 9.17) is 4.74 Å². The van der Waals surface area contributed by atoms with Gasteiger partial charge in [-0.1, -0.05) is 11.8 Å². The van der Waals surface area contributed by atoms with Crippen LogP contribution in [0.5, 0.6) is 0 Å². The van der Waals surface area contributed by atoms with Gasteiger partial charge in [-0.15, -0.1) is 0 Å². The van der Waals surface area contributed by atoms with Crippen LogP contribution in [0.15, 0.2) is 27.9 Å². The van der Waals surface area contributed by atoms with Gasteiger partial charge >= 0.3 is 5.97 Å². The number of esters is 1. The summed E-state index contributed by atoms with van der Waals surface area (Å²) < 4.78 is 4.93. The second kappa shape index (κ2) is 4.10. The molecule has 0 aromatic carbocycles. The number of carbonyl (C=O) groups is 1. The van der Waals surface area contributed by atoms with Gasteiger partial charge in [0.05, 0.1) is 18.7 Å². The average Bonchev–Trinajstić information content (AvgIpc) is 2.57. The lowest BCUT2D eigenvalue weighted by Gasteiger charge is -2.20. The summed E-state index contributed by atoms with van der Waals surface area (Å²) >= 11 is 1.62. The number of ether oxygens (including phenoxy) is 1. The molecule has 5 heteroatoms. The molecule has 0 N–H and O–H groups in total. The summed E-state index contributed by atoms with van der Waals surface area (Å²) in [6.45, 7) is 4.78. The SMILES string of the molecule is CCOC(=O)C1=CN=C2SC(C)=CN2C1. The van der Waals surface area contributed by atoms with Crippen LogP contribution < -0.4 is 0 Å². The fourth-order valence-corrected chi connectivity index (χ4v) is 2.22. The topological polar surface area (TPSA) is 41.9 Å². The highest BCUT2D eigenvalue weighted by molar-refractivity contribution is 8.17. The molecule has 2 aliphatic heterocycles. The van der Waals surface area contributed by atoms with E-state index in [0.717, 1.165) is 5.17 Å². The molecule has 0 fully saturated rings. The molecule has 0 saturated heterocycles. The van der Waals surface area contributed by atoms with Gasteiger partial charge in [0, 0.05) is 17.3 Å². The van der Waals surface area contributed by atoms with Crippen molar-refractivity contribution in [1.29, 1.82) is 0 Å². The molecular formula is C10H12N2O2S. The Morgan fingerprint density at radius 1 is 1.73 bits per heavy atom. The number of aliphatic imine (C=N–C) groups is 1. The minimum absolute atomic E-state index is 0.275. The highest BCUT2D eigenvalue weighted by atomic mass is 32.2. The van der Waals surface area contributed by atoms with Crippen LogP contribution in [0.25, 0.3) is 0 Å². The molecule has 0 aromatic rings. The van der Waals surface area contributed by atoms with Crippen LogP contribution in [-0.2, 0) is 9.53 Å². The van der Waals surface area contributed by atoms with Crippen molar-refractivity contribution >= 4 is 22.9 Å². The monoisotopic (exact) mass is 224 g/mol.